The maximum atomic E-state index is 13.6. The number of hydrogen-bond acceptors (Lipinski definition) is 7. The summed E-state index contributed by atoms with van der Waals surface area (Å²) in [6.07, 6.45) is 10.2. The van der Waals surface area contributed by atoms with Gasteiger partial charge in [0.15, 0.2) is 0 Å². The highest BCUT2D eigenvalue weighted by Crippen LogP contribution is 2.25. The Morgan fingerprint density at radius 2 is 2.05 bits per heavy atom. The molecule has 1 fully saturated rings. The molecule has 1 amide bonds. The van der Waals surface area contributed by atoms with Crippen LogP contribution < -0.4 is 0 Å². The van der Waals surface area contributed by atoms with E-state index in [9.17, 15) is 9.18 Å². The number of aromatic amines is 1. The summed E-state index contributed by atoms with van der Waals surface area (Å²) in [5, 5.41) is 14.6. The van der Waals surface area contributed by atoms with Gasteiger partial charge in [-0.05, 0) is 25.0 Å². The second-order valence-corrected chi connectivity index (χ2v) is 9.30. The molecular weight excluding hydrogens is 497 g/mol. The number of piperazine rings is 1. The van der Waals surface area contributed by atoms with Crippen molar-refractivity contribution in [2.24, 2.45) is 0 Å². The van der Waals surface area contributed by atoms with Crippen molar-refractivity contribution in [3.63, 3.8) is 0 Å². The van der Waals surface area contributed by atoms with Crippen molar-refractivity contribution in [2.75, 3.05) is 26.2 Å². The number of nitrogens with zero attached hydrogens (tertiary/aromatic N) is 8. The number of hydrogen-bond donors (Lipinski definition) is 1. The predicted molar refractivity (Wildman–Crippen MR) is 135 cm³/mol. The Balaban J connectivity index is 1.27. The zero-order chi connectivity index (χ0) is 25.8. The zero-order valence-corrected chi connectivity index (χ0v) is 20.8. The average molecular weight is 522 g/mol. The quantitative estimate of drug-likeness (QED) is 0.278. The lowest BCUT2D eigenvalue weighted by molar-refractivity contribution is 0.0531. The number of unbranched alkanes of at least 4 members (excludes halogenated alkanes) is 1. The Labute approximate surface area is 217 Å². The van der Waals surface area contributed by atoms with Crippen molar-refractivity contribution in [3.05, 3.63) is 59.8 Å². The van der Waals surface area contributed by atoms with E-state index in [1.807, 2.05) is 23.1 Å². The highest BCUT2D eigenvalue weighted by atomic mass is 35.5. The van der Waals surface area contributed by atoms with Crippen LogP contribution >= 0.6 is 11.6 Å². The van der Waals surface area contributed by atoms with Crippen LogP contribution in [0.2, 0.25) is 5.15 Å². The minimum atomic E-state index is -0.596. The van der Waals surface area contributed by atoms with Crippen LogP contribution in [-0.2, 0) is 6.54 Å². The van der Waals surface area contributed by atoms with E-state index >= 15 is 0 Å². The second kappa shape index (κ2) is 11.0. The van der Waals surface area contributed by atoms with Crippen LogP contribution in [0.4, 0.5) is 4.39 Å². The summed E-state index contributed by atoms with van der Waals surface area (Å²) in [7, 11) is 0. The van der Waals surface area contributed by atoms with Gasteiger partial charge < -0.3 is 9.88 Å². The molecule has 4 aromatic rings. The number of rotatable bonds is 8. The Morgan fingerprint density at radius 3 is 2.86 bits per heavy atom. The summed E-state index contributed by atoms with van der Waals surface area (Å²) < 4.78 is 15.5. The molecule has 37 heavy (non-hydrogen) atoms. The van der Waals surface area contributed by atoms with Gasteiger partial charge in [0.1, 0.15) is 22.9 Å². The van der Waals surface area contributed by atoms with Crippen LogP contribution in [0, 0.1) is 17.1 Å². The van der Waals surface area contributed by atoms with Gasteiger partial charge in [0.2, 0.25) is 0 Å². The number of carbonyl (C=O) groups is 1. The van der Waals surface area contributed by atoms with Gasteiger partial charge in [-0.25, -0.2) is 19.3 Å². The molecule has 5 rings (SSSR count). The summed E-state index contributed by atoms with van der Waals surface area (Å²) in [5.41, 5.74) is 2.57. The van der Waals surface area contributed by atoms with Crippen LogP contribution in [0.1, 0.15) is 29.6 Å². The first-order chi connectivity index (χ1) is 18.0. The van der Waals surface area contributed by atoms with Gasteiger partial charge >= 0.3 is 0 Å². The van der Waals surface area contributed by atoms with Gasteiger partial charge in [0, 0.05) is 62.0 Å². The molecule has 1 atom stereocenters. The molecule has 1 aliphatic rings. The van der Waals surface area contributed by atoms with Gasteiger partial charge in [-0.2, -0.15) is 10.4 Å². The largest absolute Gasteiger partial charge is 0.346 e. The third-order valence-electron chi connectivity index (χ3n) is 6.64. The van der Waals surface area contributed by atoms with E-state index in [-0.39, 0.29) is 22.7 Å². The lowest BCUT2D eigenvalue weighted by Crippen LogP contribution is -2.53. The van der Waals surface area contributed by atoms with Crippen molar-refractivity contribution in [1.82, 2.24) is 39.5 Å². The van der Waals surface area contributed by atoms with Crippen LogP contribution in [0.3, 0.4) is 0 Å². The molecule has 1 N–H and O–H groups in total. The third-order valence-corrected chi connectivity index (χ3v) is 6.94. The van der Waals surface area contributed by atoms with Gasteiger partial charge in [0.25, 0.3) is 5.91 Å². The topological polar surface area (TPSA) is 120 Å². The van der Waals surface area contributed by atoms with Crippen LogP contribution in [0.15, 0.2) is 43.2 Å². The van der Waals surface area contributed by atoms with Crippen molar-refractivity contribution in [2.45, 2.75) is 31.8 Å². The minimum absolute atomic E-state index is 0.00158. The molecule has 4 aromatic heterocycles. The molecule has 0 aliphatic carbocycles. The third kappa shape index (κ3) is 5.45. The monoisotopic (exact) mass is 521 g/mol. The SMILES string of the molecule is N#CCCC[C@@H](Cn1cc(-c2ncnc3[nH]ccc23)cn1)N1CCN(C(=O)c2cc(F)cnc2Cl)CC1. The van der Waals surface area contributed by atoms with E-state index in [1.54, 1.807) is 11.1 Å². The van der Waals surface area contributed by atoms with Crippen molar-refractivity contribution in [3.8, 4) is 17.3 Å². The van der Waals surface area contributed by atoms with Gasteiger partial charge in [-0.3, -0.25) is 14.4 Å². The first kappa shape index (κ1) is 24.8. The Hall–Kier alpha value is -3.88. The first-order valence-electron chi connectivity index (χ1n) is 12.1. The molecule has 0 unspecified atom stereocenters. The molecule has 1 saturated heterocycles. The molecule has 12 heteroatoms. The minimum Gasteiger partial charge on any atom is -0.346 e. The van der Waals surface area contributed by atoms with Gasteiger partial charge in [-0.15, -0.1) is 0 Å². The highest BCUT2D eigenvalue weighted by molar-refractivity contribution is 6.32. The molecule has 0 aromatic carbocycles. The zero-order valence-electron chi connectivity index (χ0n) is 20.0. The molecule has 0 spiro atoms. The number of pyridine rings is 1. The normalized spacial score (nSPS) is 15.1. The average Bonchev–Trinajstić information content (AvgIpc) is 3.59. The highest BCUT2D eigenvalue weighted by Gasteiger charge is 2.28. The number of nitriles is 1. The van der Waals surface area contributed by atoms with E-state index in [1.165, 1.54) is 6.33 Å². The fraction of sp³-hybridized carbons (Fsp3) is 0.360. The van der Waals surface area contributed by atoms with Gasteiger partial charge in [0.05, 0.1) is 36.3 Å². The Morgan fingerprint density at radius 1 is 1.22 bits per heavy atom. The van der Waals surface area contributed by atoms with E-state index in [0.29, 0.717) is 39.1 Å². The summed E-state index contributed by atoms with van der Waals surface area (Å²) in [5.74, 6) is -0.919. The summed E-state index contributed by atoms with van der Waals surface area (Å²) in [4.78, 5) is 32.5. The van der Waals surface area contributed by atoms with E-state index in [4.69, 9.17) is 16.9 Å². The first-order valence-corrected chi connectivity index (χ1v) is 12.4. The number of H-pyrrole nitrogens is 1. The predicted octanol–water partition coefficient (Wildman–Crippen LogP) is 3.53. The molecule has 0 radical (unpaired) electrons. The van der Waals surface area contributed by atoms with Crippen molar-refractivity contribution >= 4 is 28.5 Å². The number of nitrogens with one attached hydrogen (secondary N) is 1. The number of carbonyl (C=O) groups excluding carboxylic acids is 1. The second-order valence-electron chi connectivity index (χ2n) is 8.94. The molecule has 0 bridgehead atoms. The smallest absolute Gasteiger partial charge is 0.257 e. The van der Waals surface area contributed by atoms with Crippen molar-refractivity contribution < 1.29 is 9.18 Å². The maximum Gasteiger partial charge on any atom is 0.257 e. The van der Waals surface area contributed by atoms with E-state index < -0.39 is 5.82 Å². The van der Waals surface area contributed by atoms with Crippen LogP contribution in [0.25, 0.3) is 22.3 Å². The lowest BCUT2D eigenvalue weighted by Gasteiger charge is -2.39. The van der Waals surface area contributed by atoms with E-state index in [2.05, 4.69) is 36.0 Å². The maximum absolute atomic E-state index is 13.6. The molecule has 10 nitrogen and oxygen atoms in total. The molecule has 5 heterocycles. The van der Waals surface area contributed by atoms with Crippen LogP contribution in [-0.4, -0.2) is 77.6 Å². The van der Waals surface area contributed by atoms with E-state index in [0.717, 1.165) is 47.4 Å². The number of fused-ring (bicyclic) bond motifs is 1. The summed E-state index contributed by atoms with van der Waals surface area (Å²) >= 11 is 6.04. The molecule has 190 valence electrons. The Bertz CT molecular complexity index is 1440. The lowest BCUT2D eigenvalue weighted by atomic mass is 10.1. The van der Waals surface area contributed by atoms with Crippen molar-refractivity contribution in [1.29, 1.82) is 5.26 Å². The Kier molecular flexibility index (Phi) is 7.39. The van der Waals surface area contributed by atoms with Crippen LogP contribution in [0.5, 0.6) is 0 Å². The molecular formula is C25H25ClFN9O. The van der Waals surface area contributed by atoms with Gasteiger partial charge in [-0.1, -0.05) is 11.6 Å². The number of halogens is 2. The standard InChI is InChI=1S/C25H25ClFN9O/c26-23-21(11-18(27)13-30-23)25(37)35-9-7-34(8-10-35)19(3-1-2-5-28)15-36-14-17(12-33-36)22-20-4-6-29-24(20)32-16-31-22/h4,6,11-14,16,19H,1-3,7-10,15H2,(H,29,31,32)/t19-/m0/s1. The fourth-order valence-corrected chi connectivity index (χ4v) is 4.93. The number of amides is 1. The fourth-order valence-electron chi connectivity index (χ4n) is 4.74. The summed E-state index contributed by atoms with van der Waals surface area (Å²) in [6.45, 7) is 2.90. The summed E-state index contributed by atoms with van der Waals surface area (Å²) in [6, 6.07) is 5.43. The number of aromatic nitrogens is 6. The molecule has 1 aliphatic heterocycles. The molecule has 0 saturated carbocycles.